The van der Waals surface area contributed by atoms with Gasteiger partial charge in [0.2, 0.25) is 5.95 Å². The summed E-state index contributed by atoms with van der Waals surface area (Å²) in [5, 5.41) is 11.9. The number of fused-ring (bicyclic) bond motifs is 2. The molecule has 0 bridgehead atoms. The van der Waals surface area contributed by atoms with E-state index in [-0.39, 0.29) is 17.2 Å². The van der Waals surface area contributed by atoms with Crippen LogP contribution in [0.15, 0.2) is 113 Å². The van der Waals surface area contributed by atoms with Gasteiger partial charge in [-0.25, -0.2) is 14.5 Å². The van der Waals surface area contributed by atoms with E-state index in [2.05, 4.69) is 10.4 Å². The summed E-state index contributed by atoms with van der Waals surface area (Å²) < 4.78 is 2.54. The molecule has 4 aromatic carbocycles. The maximum atomic E-state index is 13.7. The number of para-hydroxylation sites is 2. The Morgan fingerprint density at radius 3 is 1.92 bits per heavy atom. The molecule has 6 rings (SSSR count). The van der Waals surface area contributed by atoms with Crippen LogP contribution >= 0.6 is 0 Å². The number of nitro benzene ring substituents is 1. The summed E-state index contributed by atoms with van der Waals surface area (Å²) in [6, 6.07) is 28.5. The van der Waals surface area contributed by atoms with Crippen LogP contribution in [0.5, 0.6) is 0 Å². The first-order chi connectivity index (χ1) is 18.5. The van der Waals surface area contributed by atoms with Gasteiger partial charge in [-0.05, 0) is 36.4 Å². The minimum Gasteiger partial charge on any atom is -0.268 e. The molecule has 6 aromatic rings. The summed E-state index contributed by atoms with van der Waals surface area (Å²) in [5.41, 5.74) is 4.07. The van der Waals surface area contributed by atoms with Crippen LogP contribution in [0.3, 0.4) is 0 Å². The molecule has 0 aliphatic rings. The highest BCUT2D eigenvalue weighted by Gasteiger charge is 2.18. The number of rotatable bonds is 5. The van der Waals surface area contributed by atoms with Gasteiger partial charge in [-0.2, -0.15) is 4.68 Å². The molecule has 0 radical (unpaired) electrons. The van der Waals surface area contributed by atoms with Crippen molar-refractivity contribution in [3.05, 3.63) is 134 Å². The van der Waals surface area contributed by atoms with Crippen molar-refractivity contribution in [1.82, 2.24) is 19.2 Å². The Hall–Kier alpha value is -5.64. The lowest BCUT2D eigenvalue weighted by Crippen LogP contribution is -2.33. The molecular formula is C28H18N6O4. The Morgan fingerprint density at radius 2 is 1.26 bits per heavy atom. The molecule has 0 saturated heterocycles. The van der Waals surface area contributed by atoms with Crippen LogP contribution in [-0.2, 0) is 0 Å². The van der Waals surface area contributed by atoms with Gasteiger partial charge >= 0.3 is 0 Å². The summed E-state index contributed by atoms with van der Waals surface area (Å²) in [5.74, 6) is 0.367. The number of benzene rings is 4. The predicted octanol–water partition coefficient (Wildman–Crippen LogP) is 4.55. The third-order valence-electron chi connectivity index (χ3n) is 6.11. The lowest BCUT2D eigenvalue weighted by molar-refractivity contribution is -0.384. The van der Waals surface area contributed by atoms with E-state index in [1.165, 1.54) is 33.5 Å². The lowest BCUT2D eigenvalue weighted by atomic mass is 10.2. The molecule has 0 atom stereocenters. The van der Waals surface area contributed by atoms with Gasteiger partial charge in [0.05, 0.1) is 32.4 Å². The van der Waals surface area contributed by atoms with Crippen LogP contribution in [0.4, 0.5) is 11.6 Å². The molecule has 2 heterocycles. The highest BCUT2D eigenvalue weighted by Crippen LogP contribution is 2.22. The molecule has 38 heavy (non-hydrogen) atoms. The summed E-state index contributed by atoms with van der Waals surface area (Å²) in [7, 11) is 0. The lowest BCUT2D eigenvalue weighted by Gasteiger charge is -2.18. The number of anilines is 1. The Morgan fingerprint density at radius 1 is 0.684 bits per heavy atom. The van der Waals surface area contributed by atoms with Crippen LogP contribution in [0.25, 0.3) is 38.9 Å². The van der Waals surface area contributed by atoms with E-state index in [1.807, 2.05) is 30.3 Å². The fourth-order valence-corrected chi connectivity index (χ4v) is 4.29. The Kier molecular flexibility index (Phi) is 5.46. The quantitative estimate of drug-likeness (QED) is 0.271. The normalized spacial score (nSPS) is 11.1. The molecule has 0 amide bonds. The average molecular weight is 502 g/mol. The van der Waals surface area contributed by atoms with E-state index in [4.69, 9.17) is 4.98 Å². The zero-order chi connectivity index (χ0) is 26.2. The molecule has 10 nitrogen and oxygen atoms in total. The summed E-state index contributed by atoms with van der Waals surface area (Å²) in [6.45, 7) is 0. The van der Waals surface area contributed by atoms with Crippen LogP contribution in [-0.4, -0.2) is 24.1 Å². The van der Waals surface area contributed by atoms with Gasteiger partial charge in [0.1, 0.15) is 0 Å². The fraction of sp³-hybridized carbons (Fsp3) is 0. The van der Waals surface area contributed by atoms with Gasteiger partial charge in [0.15, 0.2) is 5.82 Å². The molecule has 0 saturated carbocycles. The number of non-ortho nitro benzene ring substituents is 1. The molecule has 10 heteroatoms. The molecule has 184 valence electrons. The van der Waals surface area contributed by atoms with E-state index >= 15 is 0 Å². The minimum atomic E-state index is -0.517. The van der Waals surface area contributed by atoms with Gasteiger partial charge in [-0.15, -0.1) is 0 Å². The molecule has 0 fully saturated rings. The van der Waals surface area contributed by atoms with Crippen LogP contribution in [0, 0.1) is 10.1 Å². The minimum absolute atomic E-state index is 0.0407. The third-order valence-corrected chi connectivity index (χ3v) is 6.11. The van der Waals surface area contributed by atoms with Crippen molar-refractivity contribution in [2.45, 2.75) is 0 Å². The van der Waals surface area contributed by atoms with Crippen molar-refractivity contribution in [3.63, 3.8) is 0 Å². The first-order valence-corrected chi connectivity index (χ1v) is 11.6. The second-order valence-corrected chi connectivity index (χ2v) is 8.44. The third kappa shape index (κ3) is 3.86. The number of nitrogens with one attached hydrogen (secondary N) is 1. The molecule has 0 aliphatic heterocycles. The predicted molar refractivity (Wildman–Crippen MR) is 144 cm³/mol. The summed E-state index contributed by atoms with van der Waals surface area (Å²) in [6.07, 6.45) is 0. The van der Waals surface area contributed by atoms with Crippen molar-refractivity contribution in [3.8, 4) is 17.1 Å². The van der Waals surface area contributed by atoms with Crippen molar-refractivity contribution in [2.24, 2.45) is 0 Å². The van der Waals surface area contributed by atoms with Crippen LogP contribution < -0.4 is 16.5 Å². The fourth-order valence-electron chi connectivity index (χ4n) is 4.29. The number of aromatic nitrogens is 4. The highest BCUT2D eigenvalue weighted by molar-refractivity contribution is 5.81. The van der Waals surface area contributed by atoms with E-state index in [9.17, 15) is 19.7 Å². The number of hydrogen-bond donors (Lipinski definition) is 1. The van der Waals surface area contributed by atoms with Gasteiger partial charge in [-0.1, -0.05) is 54.6 Å². The van der Waals surface area contributed by atoms with E-state index in [1.54, 1.807) is 48.5 Å². The molecule has 0 unspecified atom stereocenters. The van der Waals surface area contributed by atoms with Gasteiger partial charge < -0.3 is 0 Å². The largest absolute Gasteiger partial charge is 0.280 e. The highest BCUT2D eigenvalue weighted by atomic mass is 16.6. The zero-order valence-electron chi connectivity index (χ0n) is 19.7. The van der Waals surface area contributed by atoms with Crippen molar-refractivity contribution < 1.29 is 4.92 Å². The molecule has 0 spiro atoms. The number of hydrogen-bond acceptors (Lipinski definition) is 7. The van der Waals surface area contributed by atoms with Gasteiger partial charge in [0, 0.05) is 17.7 Å². The first-order valence-electron chi connectivity index (χ1n) is 11.6. The van der Waals surface area contributed by atoms with Gasteiger partial charge in [0.25, 0.3) is 16.8 Å². The Bertz CT molecular complexity index is 1970. The van der Waals surface area contributed by atoms with Gasteiger partial charge in [-0.3, -0.25) is 25.1 Å². The summed E-state index contributed by atoms with van der Waals surface area (Å²) >= 11 is 0. The molecule has 0 aliphatic carbocycles. The second kappa shape index (κ2) is 9.10. The summed E-state index contributed by atoms with van der Waals surface area (Å²) in [4.78, 5) is 47.4. The van der Waals surface area contributed by atoms with E-state index < -0.39 is 10.5 Å². The van der Waals surface area contributed by atoms with E-state index in [0.29, 0.717) is 38.9 Å². The number of nitro groups is 1. The monoisotopic (exact) mass is 502 g/mol. The van der Waals surface area contributed by atoms with Crippen molar-refractivity contribution in [2.75, 3.05) is 5.43 Å². The SMILES string of the molecule is O=c1c2ccccc2nc(-c2ccccc2)n1Nc1nc2ccccc2c(=O)n1-c1ccc([N+](=O)[O-])cc1. The van der Waals surface area contributed by atoms with Crippen molar-refractivity contribution >= 4 is 33.4 Å². The van der Waals surface area contributed by atoms with Crippen molar-refractivity contribution in [1.29, 1.82) is 0 Å². The number of nitrogens with zero attached hydrogens (tertiary/aromatic N) is 5. The van der Waals surface area contributed by atoms with Crippen LogP contribution in [0.1, 0.15) is 0 Å². The average Bonchev–Trinajstić information content (AvgIpc) is 2.95. The van der Waals surface area contributed by atoms with E-state index in [0.717, 1.165) is 0 Å². The molecular weight excluding hydrogens is 484 g/mol. The second-order valence-electron chi connectivity index (χ2n) is 8.44. The van der Waals surface area contributed by atoms with Crippen LogP contribution in [0.2, 0.25) is 0 Å². The smallest absolute Gasteiger partial charge is 0.268 e. The Balaban J connectivity index is 1.63. The topological polar surface area (TPSA) is 125 Å². The Labute approximate surface area is 214 Å². The first kappa shape index (κ1) is 22.8. The maximum Gasteiger partial charge on any atom is 0.280 e. The molecule has 1 N–H and O–H groups in total. The maximum absolute atomic E-state index is 13.7. The standard InChI is InChI=1S/C28H18N6O4/c35-26-21-10-4-7-13-24(21)30-28(32(26)19-14-16-20(17-15-19)34(37)38)31-33-25(18-8-2-1-3-9-18)29-23-12-6-5-11-22(23)27(33)36/h1-17H,(H,30,31). The molecule has 2 aromatic heterocycles. The zero-order valence-corrected chi connectivity index (χ0v) is 19.7.